The number of halogens is 1. The lowest BCUT2D eigenvalue weighted by Gasteiger charge is -2.25. The highest BCUT2D eigenvalue weighted by Crippen LogP contribution is 2.36. The molecule has 0 fully saturated rings. The van der Waals surface area contributed by atoms with Gasteiger partial charge >= 0.3 is 0 Å². The molecule has 0 saturated carbocycles. The molecule has 3 aromatic rings. The molecule has 1 aromatic heterocycles. The first-order valence-corrected chi connectivity index (χ1v) is 10.9. The van der Waals surface area contributed by atoms with E-state index in [0.29, 0.717) is 11.7 Å². The summed E-state index contributed by atoms with van der Waals surface area (Å²) in [5.41, 5.74) is 4.72. The molecule has 146 valence electrons. The number of rotatable bonds is 4. The number of primary sulfonamides is 1. The fourth-order valence-corrected chi connectivity index (χ4v) is 4.61. The second kappa shape index (κ2) is 6.92. The van der Waals surface area contributed by atoms with E-state index in [-0.39, 0.29) is 10.9 Å². The summed E-state index contributed by atoms with van der Waals surface area (Å²) in [6.45, 7) is 4.66. The Kier molecular flexibility index (Phi) is 4.69. The van der Waals surface area contributed by atoms with E-state index >= 15 is 0 Å². The number of hydrogen-bond acceptors (Lipinski definition) is 4. The van der Waals surface area contributed by atoms with Crippen LogP contribution in [0.15, 0.2) is 53.4 Å². The summed E-state index contributed by atoms with van der Waals surface area (Å²) in [6.07, 6.45) is 0.752. The summed E-state index contributed by atoms with van der Waals surface area (Å²) in [7, 11) is -3.71. The first kappa shape index (κ1) is 19.0. The molecule has 2 heterocycles. The van der Waals surface area contributed by atoms with Crippen molar-refractivity contribution in [2.75, 3.05) is 4.90 Å². The predicted octanol–water partition coefficient (Wildman–Crippen LogP) is 3.43. The summed E-state index contributed by atoms with van der Waals surface area (Å²) in [6, 6.07) is 15.0. The Labute approximate surface area is 169 Å². The van der Waals surface area contributed by atoms with Crippen LogP contribution in [0.3, 0.4) is 0 Å². The molecule has 1 aliphatic rings. The van der Waals surface area contributed by atoms with Crippen LogP contribution in [0.4, 0.5) is 5.69 Å². The van der Waals surface area contributed by atoms with Gasteiger partial charge in [0.1, 0.15) is 5.15 Å². The van der Waals surface area contributed by atoms with Gasteiger partial charge in [0.15, 0.2) is 0 Å². The van der Waals surface area contributed by atoms with Gasteiger partial charge < -0.3 is 4.90 Å². The number of nitrogens with zero attached hydrogens (tertiary/aromatic N) is 3. The van der Waals surface area contributed by atoms with Crippen molar-refractivity contribution < 1.29 is 8.42 Å². The molecule has 0 bridgehead atoms. The molecule has 0 spiro atoms. The van der Waals surface area contributed by atoms with E-state index in [2.05, 4.69) is 16.9 Å². The third kappa shape index (κ3) is 3.30. The molecule has 6 nitrogen and oxygen atoms in total. The van der Waals surface area contributed by atoms with E-state index in [1.165, 1.54) is 0 Å². The fourth-order valence-electron chi connectivity index (χ4n) is 3.71. The minimum absolute atomic E-state index is 0.145. The maximum atomic E-state index is 11.6. The zero-order valence-corrected chi connectivity index (χ0v) is 17.2. The highest BCUT2D eigenvalue weighted by atomic mass is 35.5. The SMILES string of the molecule is Cc1nn(-c2ccccc2)c(Cl)c1CN1c2ccc(S(N)(=O)=O)cc2CC1C. The average Bonchev–Trinajstić information content (AvgIpc) is 3.12. The second-order valence-corrected chi connectivity index (χ2v) is 9.04. The Morgan fingerprint density at radius 3 is 2.61 bits per heavy atom. The Hall–Kier alpha value is -2.35. The number of fused-ring (bicyclic) bond motifs is 1. The van der Waals surface area contributed by atoms with Gasteiger partial charge in [-0.25, -0.2) is 18.2 Å². The minimum atomic E-state index is -3.71. The van der Waals surface area contributed by atoms with Crippen LogP contribution in [0, 0.1) is 6.92 Å². The van der Waals surface area contributed by atoms with E-state index in [1.807, 2.05) is 43.3 Å². The maximum Gasteiger partial charge on any atom is 0.238 e. The number of nitrogens with two attached hydrogens (primary N) is 1. The van der Waals surface area contributed by atoms with Crippen molar-refractivity contribution in [1.29, 1.82) is 0 Å². The van der Waals surface area contributed by atoms with Gasteiger partial charge in [0.05, 0.1) is 16.3 Å². The molecule has 0 radical (unpaired) electrons. The summed E-state index contributed by atoms with van der Waals surface area (Å²) in [5, 5.41) is 10.5. The van der Waals surface area contributed by atoms with E-state index in [1.54, 1.807) is 16.8 Å². The summed E-state index contributed by atoms with van der Waals surface area (Å²) < 4.78 is 25.0. The van der Waals surface area contributed by atoms with Gasteiger partial charge in [0, 0.05) is 23.8 Å². The number of hydrogen-bond donors (Lipinski definition) is 1. The van der Waals surface area contributed by atoms with Crippen molar-refractivity contribution in [1.82, 2.24) is 9.78 Å². The van der Waals surface area contributed by atoms with E-state index in [4.69, 9.17) is 16.7 Å². The second-order valence-electron chi connectivity index (χ2n) is 7.12. The number of anilines is 1. The van der Waals surface area contributed by atoms with Crippen LogP contribution < -0.4 is 10.0 Å². The standard InChI is InChI=1S/C20H21ClN4O2S/c1-13-10-15-11-17(28(22,26)27)8-9-19(15)24(13)12-18-14(2)23-25(20(18)21)16-6-4-3-5-7-16/h3-9,11,13H,10,12H2,1-2H3,(H2,22,26,27). The van der Waals surface area contributed by atoms with E-state index < -0.39 is 10.0 Å². The number of para-hydroxylation sites is 1. The molecule has 4 rings (SSSR count). The predicted molar refractivity (Wildman–Crippen MR) is 110 cm³/mol. The normalized spacial score (nSPS) is 16.4. The van der Waals surface area contributed by atoms with Gasteiger partial charge in [-0.3, -0.25) is 0 Å². The molecule has 0 amide bonds. The van der Waals surface area contributed by atoms with Crippen molar-refractivity contribution in [3.05, 3.63) is 70.5 Å². The molecule has 1 atom stereocenters. The molecular weight excluding hydrogens is 396 g/mol. The number of aryl methyl sites for hydroxylation is 1. The smallest absolute Gasteiger partial charge is 0.238 e. The van der Waals surface area contributed by atoms with Gasteiger partial charge in [-0.1, -0.05) is 29.8 Å². The maximum absolute atomic E-state index is 11.6. The number of sulfonamides is 1. The van der Waals surface area contributed by atoms with Crippen LogP contribution in [0.25, 0.3) is 5.69 Å². The first-order chi connectivity index (χ1) is 13.3. The van der Waals surface area contributed by atoms with Crippen molar-refractivity contribution in [2.24, 2.45) is 5.14 Å². The topological polar surface area (TPSA) is 81.2 Å². The number of aromatic nitrogens is 2. The number of benzene rings is 2. The zero-order valence-electron chi connectivity index (χ0n) is 15.6. The molecule has 2 aromatic carbocycles. The van der Waals surface area contributed by atoms with E-state index in [9.17, 15) is 8.42 Å². The largest absolute Gasteiger partial charge is 0.364 e. The molecule has 1 aliphatic heterocycles. The van der Waals surface area contributed by atoms with Crippen LogP contribution in [0.5, 0.6) is 0 Å². The lowest BCUT2D eigenvalue weighted by Crippen LogP contribution is -2.28. The first-order valence-electron chi connectivity index (χ1n) is 8.97. The summed E-state index contributed by atoms with van der Waals surface area (Å²) in [5.74, 6) is 0. The van der Waals surface area contributed by atoms with Gasteiger partial charge in [-0.2, -0.15) is 5.10 Å². The van der Waals surface area contributed by atoms with Crippen molar-refractivity contribution >= 4 is 27.3 Å². The Morgan fingerprint density at radius 2 is 1.93 bits per heavy atom. The summed E-state index contributed by atoms with van der Waals surface area (Å²) in [4.78, 5) is 2.37. The molecule has 2 N–H and O–H groups in total. The average molecular weight is 417 g/mol. The summed E-state index contributed by atoms with van der Waals surface area (Å²) >= 11 is 6.68. The van der Waals surface area contributed by atoms with Crippen LogP contribution in [0.1, 0.15) is 23.7 Å². The fraction of sp³-hybridized carbons (Fsp3) is 0.250. The van der Waals surface area contributed by atoms with Gasteiger partial charge in [-0.15, -0.1) is 0 Å². The van der Waals surface area contributed by atoms with Gasteiger partial charge in [0.25, 0.3) is 0 Å². The minimum Gasteiger partial charge on any atom is -0.364 e. The van der Waals surface area contributed by atoms with Crippen LogP contribution in [-0.2, 0) is 23.0 Å². The lowest BCUT2D eigenvalue weighted by atomic mass is 10.1. The molecule has 0 saturated heterocycles. The highest BCUT2D eigenvalue weighted by molar-refractivity contribution is 7.89. The molecular formula is C20H21ClN4O2S. The van der Waals surface area contributed by atoms with Crippen molar-refractivity contribution in [2.45, 2.75) is 37.8 Å². The Bertz CT molecular complexity index is 1140. The van der Waals surface area contributed by atoms with Crippen molar-refractivity contribution in [3.63, 3.8) is 0 Å². The lowest BCUT2D eigenvalue weighted by molar-refractivity contribution is 0.597. The highest BCUT2D eigenvalue weighted by Gasteiger charge is 2.29. The monoisotopic (exact) mass is 416 g/mol. The van der Waals surface area contributed by atoms with E-state index in [0.717, 1.165) is 34.6 Å². The molecule has 28 heavy (non-hydrogen) atoms. The zero-order chi connectivity index (χ0) is 20.1. The van der Waals surface area contributed by atoms with Crippen LogP contribution in [0.2, 0.25) is 5.15 Å². The molecule has 1 unspecified atom stereocenters. The third-order valence-electron chi connectivity index (χ3n) is 5.19. The Morgan fingerprint density at radius 1 is 1.21 bits per heavy atom. The van der Waals surface area contributed by atoms with Crippen LogP contribution in [-0.4, -0.2) is 24.2 Å². The Balaban J connectivity index is 1.69. The van der Waals surface area contributed by atoms with Crippen LogP contribution >= 0.6 is 11.6 Å². The molecule has 0 aliphatic carbocycles. The van der Waals surface area contributed by atoms with Gasteiger partial charge in [0.2, 0.25) is 10.0 Å². The van der Waals surface area contributed by atoms with Crippen molar-refractivity contribution in [3.8, 4) is 5.69 Å². The quantitative estimate of drug-likeness (QED) is 0.706. The molecule has 8 heteroatoms. The van der Waals surface area contributed by atoms with Gasteiger partial charge in [-0.05, 0) is 56.2 Å². The third-order valence-corrected chi connectivity index (χ3v) is 6.49.